The second-order valence-electron chi connectivity index (χ2n) is 5.59. The van der Waals surface area contributed by atoms with Crippen LogP contribution in [0.2, 0.25) is 0 Å². The minimum absolute atomic E-state index is 0.0293. The van der Waals surface area contributed by atoms with Crippen molar-refractivity contribution < 1.29 is 19.8 Å². The molecule has 27 heavy (non-hydrogen) atoms. The molecule has 0 spiro atoms. The van der Waals surface area contributed by atoms with Crippen LogP contribution in [-0.2, 0) is 17.8 Å². The topological polar surface area (TPSA) is 116 Å². The maximum atomic E-state index is 12.1. The summed E-state index contributed by atoms with van der Waals surface area (Å²) in [6, 6.07) is 9.91. The summed E-state index contributed by atoms with van der Waals surface area (Å²) in [5, 5.41) is 23.7. The number of nitrogens with zero attached hydrogens (tertiary/aromatic N) is 3. The first-order valence-electron chi connectivity index (χ1n) is 7.94. The van der Waals surface area contributed by atoms with Crippen LogP contribution in [0.3, 0.4) is 0 Å². The Bertz CT molecular complexity index is 945. The van der Waals surface area contributed by atoms with Gasteiger partial charge in [0, 0.05) is 17.8 Å². The number of amides is 2. The summed E-state index contributed by atoms with van der Waals surface area (Å²) in [5.74, 6) is -0.388. The number of carbonyl (C=O) groups excluding carboxylic acids is 1. The molecule has 0 radical (unpaired) electrons. The summed E-state index contributed by atoms with van der Waals surface area (Å²) in [4.78, 5) is 33.0. The Morgan fingerprint density at radius 3 is 2.70 bits per heavy atom. The second kappa shape index (κ2) is 8.28. The van der Waals surface area contributed by atoms with Crippen molar-refractivity contribution in [2.24, 2.45) is 0 Å². The minimum atomic E-state index is -1.14. The normalized spacial score (nSPS) is 10.4. The summed E-state index contributed by atoms with van der Waals surface area (Å²) >= 11 is 1.14. The van der Waals surface area contributed by atoms with Gasteiger partial charge >= 0.3 is 6.09 Å². The molecule has 9 heteroatoms. The zero-order valence-electron chi connectivity index (χ0n) is 14.1. The molecule has 0 aliphatic carbocycles. The third kappa shape index (κ3) is 4.79. The monoisotopic (exact) mass is 384 g/mol. The Kier molecular flexibility index (Phi) is 5.62. The highest BCUT2D eigenvalue weighted by atomic mass is 32.1. The molecule has 0 fully saturated rings. The molecule has 3 aromatic rings. The fourth-order valence-corrected chi connectivity index (χ4v) is 3.15. The predicted octanol–water partition coefficient (Wildman–Crippen LogP) is 3.11. The van der Waals surface area contributed by atoms with E-state index in [9.17, 15) is 19.8 Å². The van der Waals surface area contributed by atoms with Crippen molar-refractivity contribution in [3.05, 3.63) is 65.4 Å². The van der Waals surface area contributed by atoms with Gasteiger partial charge in [0.25, 0.3) is 0 Å². The number of anilines is 2. The molecule has 0 atom stereocenters. The molecule has 2 aromatic heterocycles. The van der Waals surface area contributed by atoms with Gasteiger partial charge in [0.05, 0.1) is 24.3 Å². The molecule has 0 aliphatic rings. The van der Waals surface area contributed by atoms with E-state index in [1.807, 2.05) is 0 Å². The summed E-state index contributed by atoms with van der Waals surface area (Å²) in [7, 11) is 0. The van der Waals surface area contributed by atoms with E-state index in [1.165, 1.54) is 6.07 Å². The lowest BCUT2D eigenvalue weighted by atomic mass is 10.2. The Morgan fingerprint density at radius 2 is 2.00 bits per heavy atom. The zero-order valence-corrected chi connectivity index (χ0v) is 14.9. The van der Waals surface area contributed by atoms with Gasteiger partial charge in [-0.05, 0) is 23.8 Å². The maximum Gasteiger partial charge on any atom is 0.413 e. The van der Waals surface area contributed by atoms with E-state index in [0.29, 0.717) is 11.4 Å². The molecule has 0 saturated carbocycles. The minimum Gasteiger partial charge on any atom is -0.506 e. The van der Waals surface area contributed by atoms with Gasteiger partial charge in [-0.25, -0.2) is 14.7 Å². The van der Waals surface area contributed by atoms with Gasteiger partial charge in [-0.3, -0.25) is 9.78 Å². The van der Waals surface area contributed by atoms with E-state index < -0.39 is 6.09 Å². The molecule has 3 rings (SSSR count). The highest BCUT2D eigenvalue weighted by Crippen LogP contribution is 2.24. The van der Waals surface area contributed by atoms with Crippen LogP contribution in [0.1, 0.15) is 11.3 Å². The van der Waals surface area contributed by atoms with Crippen molar-refractivity contribution in [2.45, 2.75) is 13.0 Å². The average molecular weight is 384 g/mol. The zero-order chi connectivity index (χ0) is 19.2. The first-order chi connectivity index (χ1) is 13.0. The summed E-state index contributed by atoms with van der Waals surface area (Å²) < 4.78 is 0. The predicted molar refractivity (Wildman–Crippen MR) is 101 cm³/mol. The van der Waals surface area contributed by atoms with Gasteiger partial charge in [-0.1, -0.05) is 18.2 Å². The number of hydrogen-bond acceptors (Lipinski definition) is 6. The van der Waals surface area contributed by atoms with Crippen LogP contribution in [0.15, 0.2) is 54.2 Å². The van der Waals surface area contributed by atoms with Crippen LogP contribution in [0.25, 0.3) is 0 Å². The van der Waals surface area contributed by atoms with E-state index in [1.54, 1.807) is 48.1 Å². The standard InChI is InChI=1S/C18H16N4O4S/c23-15-6-2-1-5-14(15)21-16(24)8-13-11-27-17(20-13)22(18(25)26)10-12-4-3-7-19-9-12/h1-7,9,11,23H,8,10H2,(H,21,24)(H,25,26). The van der Waals surface area contributed by atoms with E-state index in [2.05, 4.69) is 15.3 Å². The van der Waals surface area contributed by atoms with Crippen molar-refractivity contribution in [1.82, 2.24) is 9.97 Å². The number of nitrogens with one attached hydrogen (secondary N) is 1. The van der Waals surface area contributed by atoms with E-state index >= 15 is 0 Å². The van der Waals surface area contributed by atoms with Crippen LogP contribution < -0.4 is 10.2 Å². The lowest BCUT2D eigenvalue weighted by Gasteiger charge is -2.15. The lowest BCUT2D eigenvalue weighted by Crippen LogP contribution is -2.28. The molecular weight excluding hydrogens is 368 g/mol. The molecule has 8 nitrogen and oxygen atoms in total. The van der Waals surface area contributed by atoms with Crippen LogP contribution in [0, 0.1) is 0 Å². The van der Waals surface area contributed by atoms with Crippen LogP contribution >= 0.6 is 11.3 Å². The number of aromatic hydroxyl groups is 1. The Labute approximate surface area is 158 Å². The quantitative estimate of drug-likeness (QED) is 0.563. The number of thiazole rings is 1. The van der Waals surface area contributed by atoms with E-state index in [-0.39, 0.29) is 29.8 Å². The molecule has 138 valence electrons. The first-order valence-corrected chi connectivity index (χ1v) is 8.82. The summed E-state index contributed by atoms with van der Waals surface area (Å²) in [6.45, 7) is 0.111. The lowest BCUT2D eigenvalue weighted by molar-refractivity contribution is -0.115. The largest absolute Gasteiger partial charge is 0.506 e. The molecule has 0 unspecified atom stereocenters. The number of carboxylic acid groups (broad SMARTS) is 1. The number of benzene rings is 1. The third-order valence-electron chi connectivity index (χ3n) is 3.58. The van der Waals surface area contributed by atoms with Gasteiger partial charge in [0.15, 0.2) is 5.13 Å². The SMILES string of the molecule is O=C(Cc1csc(N(Cc2cccnc2)C(=O)O)n1)Nc1ccccc1O. The Hall–Kier alpha value is -3.46. The summed E-state index contributed by atoms with van der Waals surface area (Å²) in [5.41, 5.74) is 1.48. The Balaban J connectivity index is 1.68. The van der Waals surface area contributed by atoms with Gasteiger partial charge in [-0.2, -0.15) is 0 Å². The molecule has 0 aliphatic heterocycles. The molecular formula is C18H16N4O4S. The summed E-state index contributed by atoms with van der Waals surface area (Å²) in [6.07, 6.45) is 2.02. The van der Waals surface area contributed by atoms with Crippen molar-refractivity contribution in [3.63, 3.8) is 0 Å². The van der Waals surface area contributed by atoms with Gasteiger partial charge in [0.1, 0.15) is 5.75 Å². The number of phenolic OH excluding ortho intramolecular Hbond substituents is 1. The maximum absolute atomic E-state index is 12.1. The molecule has 3 N–H and O–H groups in total. The van der Waals surface area contributed by atoms with Gasteiger partial charge in [-0.15, -0.1) is 11.3 Å². The molecule has 0 saturated heterocycles. The molecule has 0 bridgehead atoms. The smallest absolute Gasteiger partial charge is 0.413 e. The fraction of sp³-hybridized carbons (Fsp3) is 0.111. The van der Waals surface area contributed by atoms with Crippen molar-refractivity contribution in [3.8, 4) is 5.75 Å². The number of rotatable bonds is 6. The van der Waals surface area contributed by atoms with Gasteiger partial charge in [0.2, 0.25) is 5.91 Å². The highest BCUT2D eigenvalue weighted by Gasteiger charge is 2.19. The van der Waals surface area contributed by atoms with Crippen LogP contribution in [-0.4, -0.2) is 32.2 Å². The number of carbonyl (C=O) groups is 2. The third-order valence-corrected chi connectivity index (χ3v) is 4.50. The first kappa shape index (κ1) is 18.3. The van der Waals surface area contributed by atoms with Crippen molar-refractivity contribution >= 4 is 34.2 Å². The number of aromatic nitrogens is 2. The fourth-order valence-electron chi connectivity index (χ4n) is 2.33. The number of hydrogen-bond donors (Lipinski definition) is 3. The van der Waals surface area contributed by atoms with E-state index in [0.717, 1.165) is 21.8 Å². The number of pyridine rings is 1. The van der Waals surface area contributed by atoms with Crippen LogP contribution in [0.5, 0.6) is 5.75 Å². The van der Waals surface area contributed by atoms with Crippen LogP contribution in [0.4, 0.5) is 15.6 Å². The molecule has 2 amide bonds. The second-order valence-corrected chi connectivity index (χ2v) is 6.43. The Morgan fingerprint density at radius 1 is 1.19 bits per heavy atom. The molecule has 1 aromatic carbocycles. The van der Waals surface area contributed by atoms with E-state index in [4.69, 9.17) is 0 Å². The van der Waals surface area contributed by atoms with Gasteiger partial charge < -0.3 is 15.5 Å². The molecule has 2 heterocycles. The van der Waals surface area contributed by atoms with Crippen molar-refractivity contribution in [2.75, 3.05) is 10.2 Å². The number of para-hydroxylation sites is 2. The van der Waals surface area contributed by atoms with Crippen molar-refractivity contribution in [1.29, 1.82) is 0 Å². The average Bonchev–Trinajstić information content (AvgIpc) is 3.10. The highest BCUT2D eigenvalue weighted by molar-refractivity contribution is 7.14. The number of phenols is 1.